The molecule has 1 aromatic rings. The third kappa shape index (κ3) is 5.29. The molecule has 1 rings (SSSR count). The maximum atomic E-state index is 11.7. The second-order valence-corrected chi connectivity index (χ2v) is 4.44. The molecule has 0 saturated heterocycles. The number of benzene rings is 1. The van der Waals surface area contributed by atoms with Crippen molar-refractivity contribution in [2.24, 2.45) is 5.73 Å². The molecule has 0 bridgehead atoms. The van der Waals surface area contributed by atoms with Gasteiger partial charge in [-0.25, -0.2) is 0 Å². The second-order valence-electron chi connectivity index (χ2n) is 4.44. The van der Waals surface area contributed by atoms with Gasteiger partial charge in [0.25, 0.3) is 0 Å². The van der Waals surface area contributed by atoms with Gasteiger partial charge in [0.15, 0.2) is 0 Å². The summed E-state index contributed by atoms with van der Waals surface area (Å²) in [5, 5.41) is 12.1. The quantitative estimate of drug-likeness (QED) is 0.671. The Hall–Kier alpha value is -1.39. The first-order chi connectivity index (χ1) is 8.63. The molecule has 1 aromatic carbocycles. The Kier molecular flexibility index (Phi) is 6.39. The number of nitrogens with one attached hydrogen (secondary N) is 1. The predicted molar refractivity (Wildman–Crippen MR) is 72.0 cm³/mol. The van der Waals surface area contributed by atoms with Gasteiger partial charge in [0, 0.05) is 6.54 Å². The zero-order valence-electron chi connectivity index (χ0n) is 10.8. The number of nitrogens with two attached hydrogens (primary N) is 1. The molecule has 0 aromatic heterocycles. The van der Waals surface area contributed by atoms with Gasteiger partial charge in [0.1, 0.15) is 0 Å². The lowest BCUT2D eigenvalue weighted by molar-refractivity contribution is -0.122. The lowest BCUT2D eigenvalue weighted by atomic mass is 10.1. The normalized spacial score (nSPS) is 13.9. The lowest BCUT2D eigenvalue weighted by Gasteiger charge is -2.13. The number of hydrogen-bond donors (Lipinski definition) is 3. The van der Waals surface area contributed by atoms with Crippen LogP contribution in [0.4, 0.5) is 0 Å². The minimum absolute atomic E-state index is 0.165. The molecule has 0 aliphatic rings. The maximum Gasteiger partial charge on any atom is 0.237 e. The summed E-state index contributed by atoms with van der Waals surface area (Å²) in [5.74, 6) is -0.165. The van der Waals surface area contributed by atoms with Gasteiger partial charge in [-0.2, -0.15) is 0 Å². The summed E-state index contributed by atoms with van der Waals surface area (Å²) in [7, 11) is 0. The van der Waals surface area contributed by atoms with Crippen LogP contribution in [-0.2, 0) is 11.2 Å². The number of aliphatic hydroxyl groups excluding tert-OH is 1. The van der Waals surface area contributed by atoms with Crippen LogP contribution in [-0.4, -0.2) is 29.7 Å². The van der Waals surface area contributed by atoms with Crippen LogP contribution in [0.15, 0.2) is 30.3 Å². The smallest absolute Gasteiger partial charge is 0.237 e. The van der Waals surface area contributed by atoms with E-state index in [0.717, 1.165) is 5.56 Å². The van der Waals surface area contributed by atoms with Crippen molar-refractivity contribution in [1.29, 1.82) is 0 Å². The summed E-state index contributed by atoms with van der Waals surface area (Å²) in [4.78, 5) is 11.7. The third-order valence-corrected chi connectivity index (χ3v) is 2.88. The molecular formula is C14H22N2O2. The first-order valence-electron chi connectivity index (χ1n) is 6.38. The summed E-state index contributed by atoms with van der Waals surface area (Å²) in [6.45, 7) is 2.38. The first kappa shape index (κ1) is 14.7. The molecule has 4 N–H and O–H groups in total. The van der Waals surface area contributed by atoms with Crippen LogP contribution in [0.25, 0.3) is 0 Å². The molecule has 2 atom stereocenters. The molecule has 18 heavy (non-hydrogen) atoms. The largest absolute Gasteiger partial charge is 0.393 e. The van der Waals surface area contributed by atoms with Crippen LogP contribution >= 0.6 is 0 Å². The number of aliphatic hydroxyl groups is 1. The minimum atomic E-state index is -0.536. The van der Waals surface area contributed by atoms with E-state index in [9.17, 15) is 9.90 Å². The highest BCUT2D eigenvalue weighted by molar-refractivity contribution is 5.81. The number of carbonyl (C=O) groups excluding carboxylic acids is 1. The van der Waals surface area contributed by atoms with Gasteiger partial charge in [-0.1, -0.05) is 37.3 Å². The molecule has 0 spiro atoms. The Morgan fingerprint density at radius 1 is 1.39 bits per heavy atom. The van der Waals surface area contributed by atoms with Crippen LogP contribution in [0, 0.1) is 0 Å². The summed E-state index contributed by atoms with van der Waals surface area (Å²) >= 11 is 0. The molecule has 0 heterocycles. The van der Waals surface area contributed by atoms with Crippen molar-refractivity contribution >= 4 is 5.91 Å². The molecule has 0 radical (unpaired) electrons. The summed E-state index contributed by atoms with van der Waals surface area (Å²) < 4.78 is 0. The van der Waals surface area contributed by atoms with E-state index >= 15 is 0 Å². The van der Waals surface area contributed by atoms with E-state index in [1.807, 2.05) is 37.3 Å². The standard InChI is InChI=1S/C14H22N2O2/c1-2-12(17)8-9-16-14(18)13(15)10-11-6-4-3-5-7-11/h3-7,12-13,17H,2,8-10,15H2,1H3,(H,16,18)/t12?,13-/m1/s1. The Morgan fingerprint density at radius 3 is 2.67 bits per heavy atom. The van der Waals surface area contributed by atoms with E-state index in [1.54, 1.807) is 0 Å². The van der Waals surface area contributed by atoms with Gasteiger partial charge < -0.3 is 16.2 Å². The Bertz CT molecular complexity index is 354. The minimum Gasteiger partial charge on any atom is -0.393 e. The van der Waals surface area contributed by atoms with E-state index < -0.39 is 6.04 Å². The van der Waals surface area contributed by atoms with E-state index in [2.05, 4.69) is 5.32 Å². The van der Waals surface area contributed by atoms with Gasteiger partial charge in [-0.05, 0) is 24.8 Å². The number of amides is 1. The molecule has 100 valence electrons. The SMILES string of the molecule is CCC(O)CCNC(=O)[C@H](N)Cc1ccccc1. The van der Waals surface area contributed by atoms with Gasteiger partial charge in [-0.3, -0.25) is 4.79 Å². The molecule has 0 aliphatic carbocycles. The predicted octanol–water partition coefficient (Wildman–Crippen LogP) is 0.834. The van der Waals surface area contributed by atoms with Crippen LogP contribution in [0.1, 0.15) is 25.3 Å². The van der Waals surface area contributed by atoms with Crippen molar-refractivity contribution in [2.45, 2.75) is 38.3 Å². The molecule has 0 fully saturated rings. The van der Waals surface area contributed by atoms with Crippen molar-refractivity contribution < 1.29 is 9.90 Å². The Balaban J connectivity index is 2.29. The van der Waals surface area contributed by atoms with Crippen molar-refractivity contribution in [1.82, 2.24) is 5.32 Å². The van der Waals surface area contributed by atoms with Crippen LogP contribution in [0.3, 0.4) is 0 Å². The number of hydrogen-bond acceptors (Lipinski definition) is 3. The highest BCUT2D eigenvalue weighted by atomic mass is 16.3. The summed E-state index contributed by atoms with van der Waals surface area (Å²) in [5.41, 5.74) is 6.87. The van der Waals surface area contributed by atoms with Crippen molar-refractivity contribution in [3.05, 3.63) is 35.9 Å². The van der Waals surface area contributed by atoms with Crippen molar-refractivity contribution in [2.75, 3.05) is 6.54 Å². The van der Waals surface area contributed by atoms with E-state index in [0.29, 0.717) is 25.8 Å². The summed E-state index contributed by atoms with van der Waals surface area (Å²) in [6.07, 6.45) is 1.45. The van der Waals surface area contributed by atoms with Gasteiger partial charge in [-0.15, -0.1) is 0 Å². The van der Waals surface area contributed by atoms with Gasteiger partial charge >= 0.3 is 0 Å². The molecule has 4 heteroatoms. The Labute approximate surface area is 108 Å². The fraction of sp³-hybridized carbons (Fsp3) is 0.500. The maximum absolute atomic E-state index is 11.7. The Morgan fingerprint density at radius 2 is 2.06 bits per heavy atom. The molecular weight excluding hydrogens is 228 g/mol. The van der Waals surface area contributed by atoms with Crippen LogP contribution in [0.5, 0.6) is 0 Å². The average Bonchev–Trinajstić information content (AvgIpc) is 2.39. The summed E-state index contributed by atoms with van der Waals surface area (Å²) in [6, 6.07) is 9.16. The van der Waals surface area contributed by atoms with E-state index in [4.69, 9.17) is 5.73 Å². The van der Waals surface area contributed by atoms with Crippen molar-refractivity contribution in [3.63, 3.8) is 0 Å². The number of rotatable bonds is 7. The lowest BCUT2D eigenvalue weighted by Crippen LogP contribution is -2.42. The monoisotopic (exact) mass is 250 g/mol. The van der Waals surface area contributed by atoms with Crippen LogP contribution < -0.4 is 11.1 Å². The van der Waals surface area contributed by atoms with Crippen molar-refractivity contribution in [3.8, 4) is 0 Å². The van der Waals surface area contributed by atoms with Gasteiger partial charge in [0.2, 0.25) is 5.91 Å². The second kappa shape index (κ2) is 7.84. The average molecular weight is 250 g/mol. The first-order valence-corrected chi connectivity index (χ1v) is 6.38. The van der Waals surface area contributed by atoms with E-state index in [-0.39, 0.29) is 12.0 Å². The zero-order valence-corrected chi connectivity index (χ0v) is 10.8. The molecule has 4 nitrogen and oxygen atoms in total. The molecule has 0 saturated carbocycles. The topological polar surface area (TPSA) is 75.3 Å². The third-order valence-electron chi connectivity index (χ3n) is 2.88. The fourth-order valence-corrected chi connectivity index (χ4v) is 1.66. The number of carbonyl (C=O) groups is 1. The molecule has 0 aliphatic heterocycles. The molecule has 1 unspecified atom stereocenters. The highest BCUT2D eigenvalue weighted by Gasteiger charge is 2.13. The fourth-order valence-electron chi connectivity index (χ4n) is 1.66. The van der Waals surface area contributed by atoms with Crippen LogP contribution in [0.2, 0.25) is 0 Å². The zero-order chi connectivity index (χ0) is 13.4. The van der Waals surface area contributed by atoms with Gasteiger partial charge in [0.05, 0.1) is 12.1 Å². The highest BCUT2D eigenvalue weighted by Crippen LogP contribution is 2.02. The van der Waals surface area contributed by atoms with E-state index in [1.165, 1.54) is 0 Å². The molecule has 1 amide bonds.